The van der Waals surface area contributed by atoms with Gasteiger partial charge in [0.05, 0.1) is 9.79 Å². The van der Waals surface area contributed by atoms with Gasteiger partial charge in [-0.15, -0.1) is 3.63 Å². The van der Waals surface area contributed by atoms with E-state index in [0.717, 1.165) is 11.1 Å². The first kappa shape index (κ1) is 15.7. The van der Waals surface area contributed by atoms with Crippen molar-refractivity contribution < 1.29 is 21.9 Å². The summed E-state index contributed by atoms with van der Waals surface area (Å²) in [7, 11) is -8.76. The third-order valence-electron chi connectivity index (χ3n) is 2.80. The van der Waals surface area contributed by atoms with E-state index >= 15 is 0 Å². The Kier molecular flexibility index (Phi) is 4.18. The summed E-state index contributed by atoms with van der Waals surface area (Å²) in [4.78, 5) is -0.410. The molecule has 0 heterocycles. The van der Waals surface area contributed by atoms with Gasteiger partial charge >= 0.3 is 20.2 Å². The van der Waals surface area contributed by atoms with Gasteiger partial charge < -0.3 is 0 Å². The van der Waals surface area contributed by atoms with E-state index in [9.17, 15) is 16.8 Å². The number of aryl methyl sites for hydroxylation is 2. The molecular weight excluding hydrogens is 312 g/mol. The summed E-state index contributed by atoms with van der Waals surface area (Å²) in [6.45, 7) is 3.58. The zero-order chi connectivity index (χ0) is 15.7. The molecule has 2 aromatic carbocycles. The minimum Gasteiger partial charge on any atom is -0.193 e. The zero-order valence-corrected chi connectivity index (χ0v) is 13.1. The predicted octanol–water partition coefficient (Wildman–Crippen LogP) is 2.64. The Balaban J connectivity index is 0.00000242. The Hall–Kier alpha value is -1.70. The lowest BCUT2D eigenvalue weighted by Crippen LogP contribution is -2.14. The highest BCUT2D eigenvalue weighted by molar-refractivity contribution is 7.99. The maximum absolute atomic E-state index is 12.0. The molecule has 0 aliphatic heterocycles. The molecule has 0 bridgehead atoms. The molecule has 114 valence electrons. The average molecular weight is 329 g/mol. The quantitative estimate of drug-likeness (QED) is 0.862. The highest BCUT2D eigenvalue weighted by Crippen LogP contribution is 2.20. The molecule has 0 saturated carbocycles. The Labute approximate surface area is 125 Å². The lowest BCUT2D eigenvalue weighted by Gasteiger charge is -2.07. The van der Waals surface area contributed by atoms with E-state index in [2.05, 4.69) is 3.63 Å². The number of benzene rings is 2. The molecule has 5 nitrogen and oxygen atoms in total. The van der Waals surface area contributed by atoms with Gasteiger partial charge in [-0.25, -0.2) is 0 Å². The molecule has 0 saturated heterocycles. The van der Waals surface area contributed by atoms with Crippen LogP contribution in [0.3, 0.4) is 0 Å². The minimum absolute atomic E-state index is 0. The van der Waals surface area contributed by atoms with E-state index in [1.54, 1.807) is 38.1 Å². The summed E-state index contributed by atoms with van der Waals surface area (Å²) < 4.78 is 52.4. The second-order valence-corrected chi connectivity index (χ2v) is 7.91. The molecule has 0 unspecified atom stereocenters. The van der Waals surface area contributed by atoms with E-state index in [0.29, 0.717) is 0 Å². The van der Waals surface area contributed by atoms with Crippen LogP contribution >= 0.6 is 0 Å². The third-order valence-corrected chi connectivity index (χ3v) is 5.93. The Morgan fingerprint density at radius 1 is 0.667 bits per heavy atom. The van der Waals surface area contributed by atoms with E-state index < -0.39 is 20.2 Å². The summed E-state index contributed by atoms with van der Waals surface area (Å²) >= 11 is 0. The van der Waals surface area contributed by atoms with Crippen molar-refractivity contribution in [2.45, 2.75) is 23.6 Å². The maximum atomic E-state index is 12.0. The molecule has 0 radical (unpaired) electrons. The van der Waals surface area contributed by atoms with Crippen LogP contribution in [0, 0.1) is 13.8 Å². The summed E-state index contributed by atoms with van der Waals surface area (Å²) in [6, 6.07) is 11.5. The molecule has 0 spiro atoms. The highest BCUT2D eigenvalue weighted by atomic mass is 32.3. The molecule has 2 aromatic rings. The van der Waals surface area contributed by atoms with Crippen LogP contribution in [0.1, 0.15) is 12.6 Å². The molecule has 7 heteroatoms. The molecular formula is C14H16O5S2. The molecule has 0 fully saturated rings. The highest BCUT2D eigenvalue weighted by Gasteiger charge is 2.26. The molecule has 0 aliphatic carbocycles. The van der Waals surface area contributed by atoms with E-state index in [1.165, 1.54) is 24.3 Å². The zero-order valence-electron chi connectivity index (χ0n) is 11.5. The van der Waals surface area contributed by atoms with Crippen molar-refractivity contribution in [1.29, 1.82) is 0 Å². The third kappa shape index (κ3) is 3.69. The fraction of sp³-hybridized carbons (Fsp3) is 0.143. The monoisotopic (exact) mass is 329 g/mol. The van der Waals surface area contributed by atoms with Crippen LogP contribution in [-0.2, 0) is 23.9 Å². The van der Waals surface area contributed by atoms with Gasteiger partial charge in [0, 0.05) is 1.43 Å². The van der Waals surface area contributed by atoms with Crippen molar-refractivity contribution in [3.05, 3.63) is 59.7 Å². The van der Waals surface area contributed by atoms with Crippen molar-refractivity contribution in [3.8, 4) is 0 Å². The van der Waals surface area contributed by atoms with Gasteiger partial charge in [-0.3, -0.25) is 0 Å². The maximum Gasteiger partial charge on any atom is 0.311 e. The van der Waals surface area contributed by atoms with Crippen LogP contribution in [0.4, 0.5) is 0 Å². The predicted molar refractivity (Wildman–Crippen MR) is 79.9 cm³/mol. The fourth-order valence-electron chi connectivity index (χ4n) is 1.61. The number of hydrogen-bond donors (Lipinski definition) is 0. The average Bonchev–Trinajstić information content (AvgIpc) is 2.38. The SMILES string of the molecule is Cc1ccc(S(=O)(=O)OS(=O)(=O)c2ccc(C)cc2)cc1.[2HH]. The number of hydrogen-bond acceptors (Lipinski definition) is 5. The summed E-state index contributed by atoms with van der Waals surface area (Å²) in [5.74, 6) is 0. The lowest BCUT2D eigenvalue weighted by atomic mass is 10.2. The van der Waals surface area contributed by atoms with Gasteiger partial charge in [0.2, 0.25) is 0 Å². The Bertz CT molecular complexity index is 766. The van der Waals surface area contributed by atoms with E-state index in [-0.39, 0.29) is 11.2 Å². The molecule has 0 aliphatic rings. The van der Waals surface area contributed by atoms with Gasteiger partial charge in [0.25, 0.3) is 0 Å². The van der Waals surface area contributed by atoms with Gasteiger partial charge in [-0.1, -0.05) is 35.4 Å². The van der Waals surface area contributed by atoms with Crippen LogP contribution in [0.2, 0.25) is 0 Å². The fourth-order valence-corrected chi connectivity index (χ4v) is 4.12. The van der Waals surface area contributed by atoms with Crippen molar-refractivity contribution >= 4 is 20.2 Å². The smallest absolute Gasteiger partial charge is 0.193 e. The molecule has 2 rings (SSSR count). The van der Waals surface area contributed by atoms with E-state index in [4.69, 9.17) is 0 Å². The number of rotatable bonds is 4. The van der Waals surface area contributed by atoms with Gasteiger partial charge in [-0.05, 0) is 38.1 Å². The second-order valence-electron chi connectivity index (χ2n) is 4.60. The largest absolute Gasteiger partial charge is 0.311 e. The van der Waals surface area contributed by atoms with Crippen molar-refractivity contribution in [2.75, 3.05) is 0 Å². The van der Waals surface area contributed by atoms with Gasteiger partial charge in [-0.2, -0.15) is 16.8 Å². The molecule has 21 heavy (non-hydrogen) atoms. The first-order chi connectivity index (χ1) is 9.71. The molecule has 0 N–H and O–H groups in total. The standard InChI is InChI=1S/C14H14O5S2.H2/c1-11-3-7-13(8-4-11)20(15,16)19-21(17,18)14-9-5-12(2)6-10-14;/h3-10H,1-2H3;1H/i;1+1. The normalized spacial score (nSPS) is 12.3. The van der Waals surface area contributed by atoms with Crippen LogP contribution in [-0.4, -0.2) is 16.8 Å². The molecule has 0 aromatic heterocycles. The Morgan fingerprint density at radius 2 is 0.952 bits per heavy atom. The summed E-state index contributed by atoms with van der Waals surface area (Å²) in [5.41, 5.74) is 1.71. The van der Waals surface area contributed by atoms with Crippen molar-refractivity contribution in [2.24, 2.45) is 0 Å². The second kappa shape index (κ2) is 5.59. The van der Waals surface area contributed by atoms with Crippen LogP contribution < -0.4 is 0 Å². The molecule has 0 amide bonds. The Morgan fingerprint density at radius 3 is 1.24 bits per heavy atom. The van der Waals surface area contributed by atoms with Crippen LogP contribution in [0.25, 0.3) is 0 Å². The lowest BCUT2D eigenvalue weighted by molar-refractivity contribution is 0.462. The minimum atomic E-state index is -4.38. The van der Waals surface area contributed by atoms with Crippen LogP contribution in [0.15, 0.2) is 58.3 Å². The van der Waals surface area contributed by atoms with Crippen molar-refractivity contribution in [1.82, 2.24) is 0 Å². The first-order valence-corrected chi connectivity index (χ1v) is 8.87. The van der Waals surface area contributed by atoms with Crippen LogP contribution in [0.5, 0.6) is 0 Å². The van der Waals surface area contributed by atoms with Crippen molar-refractivity contribution in [3.63, 3.8) is 0 Å². The summed E-state index contributed by atoms with van der Waals surface area (Å²) in [6.07, 6.45) is 0. The van der Waals surface area contributed by atoms with Gasteiger partial charge in [0.1, 0.15) is 0 Å². The van der Waals surface area contributed by atoms with E-state index in [1.807, 2.05) is 0 Å². The topological polar surface area (TPSA) is 77.5 Å². The molecule has 0 atom stereocenters. The summed E-state index contributed by atoms with van der Waals surface area (Å²) in [5, 5.41) is 0. The van der Waals surface area contributed by atoms with Gasteiger partial charge in [0.15, 0.2) is 0 Å². The first-order valence-electron chi connectivity index (χ1n) is 6.05.